The maximum absolute atomic E-state index is 13.7. The van der Waals surface area contributed by atoms with Crippen molar-refractivity contribution in [1.29, 1.82) is 0 Å². The van der Waals surface area contributed by atoms with Crippen LogP contribution in [0.3, 0.4) is 0 Å². The zero-order valence-corrected chi connectivity index (χ0v) is 12.7. The molecule has 2 aromatic carbocycles. The summed E-state index contributed by atoms with van der Waals surface area (Å²) in [5.74, 6) is 0.284. The van der Waals surface area contributed by atoms with Crippen LogP contribution in [-0.4, -0.2) is 6.04 Å². The summed E-state index contributed by atoms with van der Waals surface area (Å²) < 4.78 is 19.3. The van der Waals surface area contributed by atoms with Crippen LogP contribution in [0.2, 0.25) is 5.02 Å². The Kier molecular flexibility index (Phi) is 5.59. The van der Waals surface area contributed by atoms with Crippen LogP contribution in [0.4, 0.5) is 4.39 Å². The summed E-state index contributed by atoms with van der Waals surface area (Å²) in [7, 11) is 0. The number of halogens is 2. The van der Waals surface area contributed by atoms with Crippen molar-refractivity contribution in [3.8, 4) is 5.75 Å². The summed E-state index contributed by atoms with van der Waals surface area (Å²) >= 11 is 5.74. The molecule has 1 unspecified atom stereocenters. The summed E-state index contributed by atoms with van der Waals surface area (Å²) in [5, 5.41) is 0.113. The molecule has 0 saturated heterocycles. The van der Waals surface area contributed by atoms with Crippen molar-refractivity contribution >= 4 is 11.6 Å². The van der Waals surface area contributed by atoms with Crippen LogP contribution >= 0.6 is 11.6 Å². The summed E-state index contributed by atoms with van der Waals surface area (Å²) in [5.41, 5.74) is 7.40. The molecule has 0 amide bonds. The maximum atomic E-state index is 13.7. The van der Waals surface area contributed by atoms with Crippen molar-refractivity contribution in [3.05, 3.63) is 64.4 Å². The topological polar surface area (TPSA) is 35.2 Å². The number of benzene rings is 2. The first kappa shape index (κ1) is 15.8. The largest absolute Gasteiger partial charge is 0.489 e. The Bertz CT molecular complexity index is 584. The van der Waals surface area contributed by atoms with E-state index in [-0.39, 0.29) is 17.7 Å². The molecule has 0 heterocycles. The average molecular weight is 308 g/mol. The van der Waals surface area contributed by atoms with E-state index in [1.165, 1.54) is 11.6 Å². The zero-order chi connectivity index (χ0) is 15.2. The minimum atomic E-state index is -0.423. The smallest absolute Gasteiger partial charge is 0.148 e. The van der Waals surface area contributed by atoms with Gasteiger partial charge in [0.15, 0.2) is 0 Å². The highest BCUT2D eigenvalue weighted by Crippen LogP contribution is 2.20. The zero-order valence-electron chi connectivity index (χ0n) is 12.0. The van der Waals surface area contributed by atoms with Crippen LogP contribution in [0.25, 0.3) is 0 Å². The molecule has 2 N–H and O–H groups in total. The number of hydrogen-bond acceptors (Lipinski definition) is 2. The van der Waals surface area contributed by atoms with Gasteiger partial charge in [0.05, 0.1) is 5.02 Å². The van der Waals surface area contributed by atoms with Gasteiger partial charge in [-0.05, 0) is 43.5 Å². The predicted octanol–water partition coefficient (Wildman–Crippen LogP) is 4.34. The number of nitrogens with two attached hydrogens (primary N) is 1. The number of ether oxygens (including phenoxy) is 1. The van der Waals surface area contributed by atoms with Gasteiger partial charge in [-0.2, -0.15) is 0 Å². The van der Waals surface area contributed by atoms with E-state index >= 15 is 0 Å². The van der Waals surface area contributed by atoms with E-state index in [1.807, 2.05) is 31.2 Å². The van der Waals surface area contributed by atoms with Gasteiger partial charge in [-0.3, -0.25) is 0 Å². The Hall–Kier alpha value is -1.58. The summed E-state index contributed by atoms with van der Waals surface area (Å²) in [6.45, 7) is 2.16. The lowest BCUT2D eigenvalue weighted by Crippen LogP contribution is -2.15. The minimum Gasteiger partial charge on any atom is -0.489 e. The Morgan fingerprint density at radius 2 is 1.90 bits per heavy atom. The normalized spacial score (nSPS) is 12.2. The Balaban J connectivity index is 1.93. The molecule has 0 aromatic heterocycles. The Morgan fingerprint density at radius 3 is 2.57 bits per heavy atom. The molecule has 0 aliphatic carbocycles. The molecule has 0 spiro atoms. The molecule has 2 aromatic rings. The van der Waals surface area contributed by atoms with Gasteiger partial charge in [0.2, 0.25) is 0 Å². The molecule has 0 aliphatic heterocycles. The highest BCUT2D eigenvalue weighted by molar-refractivity contribution is 6.30. The van der Waals surface area contributed by atoms with Gasteiger partial charge in [0.25, 0.3) is 0 Å². The van der Waals surface area contributed by atoms with Gasteiger partial charge >= 0.3 is 0 Å². The molecule has 0 aliphatic rings. The van der Waals surface area contributed by atoms with Gasteiger partial charge < -0.3 is 10.5 Å². The number of rotatable bonds is 6. The quantitative estimate of drug-likeness (QED) is 0.861. The highest BCUT2D eigenvalue weighted by atomic mass is 35.5. The molecular weight excluding hydrogens is 289 g/mol. The molecule has 2 rings (SSSR count). The van der Waals surface area contributed by atoms with Crippen LogP contribution in [0.5, 0.6) is 5.75 Å². The van der Waals surface area contributed by atoms with Crippen LogP contribution < -0.4 is 10.5 Å². The molecule has 0 bridgehead atoms. The van der Waals surface area contributed by atoms with E-state index in [0.717, 1.165) is 12.8 Å². The van der Waals surface area contributed by atoms with Crippen LogP contribution in [0.1, 0.15) is 24.5 Å². The highest BCUT2D eigenvalue weighted by Gasteiger charge is 2.06. The van der Waals surface area contributed by atoms with Crippen molar-refractivity contribution in [1.82, 2.24) is 0 Å². The first-order valence-corrected chi connectivity index (χ1v) is 7.34. The number of aryl methyl sites for hydroxylation is 1. The summed E-state index contributed by atoms with van der Waals surface area (Å²) in [6, 6.07) is 12.9. The van der Waals surface area contributed by atoms with Crippen molar-refractivity contribution in [2.24, 2.45) is 5.73 Å². The van der Waals surface area contributed by atoms with Crippen molar-refractivity contribution in [3.63, 3.8) is 0 Å². The van der Waals surface area contributed by atoms with E-state index in [2.05, 4.69) is 0 Å². The van der Waals surface area contributed by atoms with Crippen LogP contribution in [0, 0.1) is 5.82 Å². The van der Waals surface area contributed by atoms with Gasteiger partial charge in [0.1, 0.15) is 18.2 Å². The Labute approximate surface area is 129 Å². The number of hydrogen-bond donors (Lipinski definition) is 1. The van der Waals surface area contributed by atoms with Gasteiger partial charge in [0, 0.05) is 11.6 Å². The van der Waals surface area contributed by atoms with Gasteiger partial charge in [-0.15, -0.1) is 0 Å². The second-order valence-electron chi connectivity index (χ2n) is 5.16. The van der Waals surface area contributed by atoms with Crippen LogP contribution in [-0.2, 0) is 13.0 Å². The molecule has 21 heavy (non-hydrogen) atoms. The van der Waals surface area contributed by atoms with E-state index in [0.29, 0.717) is 11.3 Å². The molecule has 0 saturated carbocycles. The van der Waals surface area contributed by atoms with Crippen molar-refractivity contribution < 1.29 is 9.13 Å². The second kappa shape index (κ2) is 7.43. The molecule has 0 fully saturated rings. The molecule has 112 valence electrons. The fourth-order valence-corrected chi connectivity index (χ4v) is 2.16. The monoisotopic (exact) mass is 307 g/mol. The second-order valence-corrected chi connectivity index (χ2v) is 5.57. The first-order chi connectivity index (χ1) is 10.1. The third kappa shape index (κ3) is 4.73. The predicted molar refractivity (Wildman–Crippen MR) is 84.2 cm³/mol. The standard InChI is InChI=1S/C17H19ClFNO/c1-12(20)5-6-13-7-9-15(10-8-13)21-11-14-3-2-4-16(18)17(14)19/h2-4,7-10,12H,5-6,11,20H2,1H3. The fraction of sp³-hybridized carbons (Fsp3) is 0.294. The van der Waals surface area contributed by atoms with Gasteiger partial charge in [-0.1, -0.05) is 35.9 Å². The van der Waals surface area contributed by atoms with Gasteiger partial charge in [-0.25, -0.2) is 4.39 Å². The maximum Gasteiger partial charge on any atom is 0.148 e. The lowest BCUT2D eigenvalue weighted by molar-refractivity contribution is 0.300. The van der Waals surface area contributed by atoms with E-state index in [4.69, 9.17) is 22.1 Å². The van der Waals surface area contributed by atoms with Crippen LogP contribution in [0.15, 0.2) is 42.5 Å². The first-order valence-electron chi connectivity index (χ1n) is 6.96. The summed E-state index contributed by atoms with van der Waals surface area (Å²) in [4.78, 5) is 0. The van der Waals surface area contributed by atoms with E-state index < -0.39 is 5.82 Å². The third-order valence-corrected chi connectivity index (χ3v) is 3.53. The molecular formula is C17H19ClFNO. The summed E-state index contributed by atoms with van der Waals surface area (Å²) in [6.07, 6.45) is 1.90. The molecule has 0 radical (unpaired) electrons. The fourth-order valence-electron chi connectivity index (χ4n) is 1.97. The SMILES string of the molecule is CC(N)CCc1ccc(OCc2cccc(Cl)c2F)cc1. The lowest BCUT2D eigenvalue weighted by Gasteiger charge is -2.09. The van der Waals surface area contributed by atoms with E-state index in [1.54, 1.807) is 12.1 Å². The third-order valence-electron chi connectivity index (χ3n) is 3.24. The average Bonchev–Trinajstić information content (AvgIpc) is 2.48. The van der Waals surface area contributed by atoms with E-state index in [9.17, 15) is 4.39 Å². The lowest BCUT2D eigenvalue weighted by atomic mass is 10.1. The minimum absolute atomic E-state index is 0.113. The van der Waals surface area contributed by atoms with Crippen molar-refractivity contribution in [2.45, 2.75) is 32.4 Å². The Morgan fingerprint density at radius 1 is 1.19 bits per heavy atom. The molecule has 2 nitrogen and oxygen atoms in total. The van der Waals surface area contributed by atoms with Crippen molar-refractivity contribution in [2.75, 3.05) is 0 Å². The molecule has 1 atom stereocenters. The molecule has 4 heteroatoms.